The maximum Gasteiger partial charge on any atom is 0.119 e. The van der Waals surface area contributed by atoms with Crippen LogP contribution < -0.4 is 0 Å². The van der Waals surface area contributed by atoms with Crippen LogP contribution in [0.15, 0.2) is 30.8 Å². The van der Waals surface area contributed by atoms with Gasteiger partial charge in [-0.15, -0.1) is 0 Å². The van der Waals surface area contributed by atoms with Gasteiger partial charge < -0.3 is 4.74 Å². The van der Waals surface area contributed by atoms with Gasteiger partial charge >= 0.3 is 0 Å². The third-order valence-electron chi connectivity index (χ3n) is 1.54. The van der Waals surface area contributed by atoms with E-state index < -0.39 is 0 Å². The summed E-state index contributed by atoms with van der Waals surface area (Å²) in [5.41, 5.74) is 0.970. The minimum Gasteiger partial charge on any atom is -0.491 e. The molecule has 0 radical (unpaired) electrons. The number of hydrogen-bond acceptors (Lipinski definition) is 1. The van der Waals surface area contributed by atoms with Crippen LogP contribution in [0, 0.1) is 0 Å². The van der Waals surface area contributed by atoms with Crippen LogP contribution in [0.1, 0.15) is 19.4 Å². The van der Waals surface area contributed by atoms with Crippen LogP contribution in [-0.2, 0) is 4.74 Å². The number of ether oxygens (including phenoxy) is 1. The molecule has 1 aromatic rings. The Bertz CT molecular complexity index is 287. The lowest BCUT2D eigenvalue weighted by Gasteiger charge is -2.12. The van der Waals surface area contributed by atoms with Crippen molar-refractivity contribution >= 4 is 17.4 Å². The van der Waals surface area contributed by atoms with Gasteiger partial charge in [0.2, 0.25) is 0 Å². The molecule has 0 bridgehead atoms. The number of benzene rings is 1. The van der Waals surface area contributed by atoms with Crippen LogP contribution in [0.3, 0.4) is 0 Å². The Kier molecular flexibility index (Phi) is 3.38. The van der Waals surface area contributed by atoms with Crippen LogP contribution in [0.4, 0.5) is 0 Å². The zero-order chi connectivity index (χ0) is 9.84. The van der Waals surface area contributed by atoms with Crippen molar-refractivity contribution in [3.8, 4) is 0 Å². The molecule has 1 aromatic carbocycles. The molecule has 13 heavy (non-hydrogen) atoms. The maximum atomic E-state index is 5.75. The summed E-state index contributed by atoms with van der Waals surface area (Å²) in [6.45, 7) is 7.78. The highest BCUT2D eigenvalue weighted by Gasteiger charge is 2.01. The van der Waals surface area contributed by atoms with Gasteiger partial charge in [-0.05, 0) is 38.1 Å². The Morgan fingerprint density at radius 1 is 1.31 bits per heavy atom. The van der Waals surface area contributed by atoms with Gasteiger partial charge in [-0.2, -0.15) is 0 Å². The second kappa shape index (κ2) is 4.33. The van der Waals surface area contributed by atoms with Crippen molar-refractivity contribution in [2.75, 3.05) is 0 Å². The highest BCUT2D eigenvalue weighted by molar-refractivity contribution is 6.30. The Balaban J connectivity index is 2.72. The zero-order valence-electron chi connectivity index (χ0n) is 7.88. The molecule has 0 amide bonds. The molecular weight excluding hydrogens is 184 g/mol. The zero-order valence-corrected chi connectivity index (χ0v) is 8.64. The van der Waals surface area contributed by atoms with E-state index in [1.54, 1.807) is 0 Å². The second-order valence-electron chi connectivity index (χ2n) is 3.10. The van der Waals surface area contributed by atoms with E-state index in [2.05, 4.69) is 6.58 Å². The quantitative estimate of drug-likeness (QED) is 0.670. The Labute approximate surface area is 84.0 Å². The molecule has 1 nitrogen and oxygen atoms in total. The topological polar surface area (TPSA) is 9.23 Å². The molecule has 0 aliphatic heterocycles. The molecule has 0 aromatic heterocycles. The molecular formula is C11H13ClO. The first-order valence-corrected chi connectivity index (χ1v) is 4.59. The van der Waals surface area contributed by atoms with E-state index in [4.69, 9.17) is 16.3 Å². The summed E-state index contributed by atoms with van der Waals surface area (Å²) in [7, 11) is 0. The second-order valence-corrected chi connectivity index (χ2v) is 3.53. The van der Waals surface area contributed by atoms with Crippen molar-refractivity contribution in [3.05, 3.63) is 41.4 Å². The summed E-state index contributed by atoms with van der Waals surface area (Å²) < 4.78 is 5.44. The van der Waals surface area contributed by atoms with E-state index in [-0.39, 0.29) is 6.10 Å². The van der Waals surface area contributed by atoms with E-state index >= 15 is 0 Å². The first-order valence-electron chi connectivity index (χ1n) is 4.21. The summed E-state index contributed by atoms with van der Waals surface area (Å²) in [6, 6.07) is 7.44. The van der Waals surface area contributed by atoms with Gasteiger partial charge in [0, 0.05) is 10.6 Å². The van der Waals surface area contributed by atoms with E-state index in [0.29, 0.717) is 5.76 Å². The fourth-order valence-corrected chi connectivity index (χ4v) is 1.11. The van der Waals surface area contributed by atoms with E-state index in [0.717, 1.165) is 10.6 Å². The van der Waals surface area contributed by atoms with Gasteiger partial charge in [-0.3, -0.25) is 0 Å². The van der Waals surface area contributed by atoms with Crippen molar-refractivity contribution in [3.63, 3.8) is 0 Å². The van der Waals surface area contributed by atoms with Crippen LogP contribution in [-0.4, -0.2) is 6.10 Å². The van der Waals surface area contributed by atoms with Crippen LogP contribution in [0.2, 0.25) is 5.02 Å². The van der Waals surface area contributed by atoms with Gasteiger partial charge in [-0.25, -0.2) is 0 Å². The third kappa shape index (κ3) is 3.11. The monoisotopic (exact) mass is 196 g/mol. The van der Waals surface area contributed by atoms with Crippen molar-refractivity contribution in [2.45, 2.75) is 20.0 Å². The highest BCUT2D eigenvalue weighted by atomic mass is 35.5. The van der Waals surface area contributed by atoms with Crippen LogP contribution in [0.5, 0.6) is 0 Å². The number of hydrogen-bond donors (Lipinski definition) is 0. The van der Waals surface area contributed by atoms with Gasteiger partial charge in [0.15, 0.2) is 0 Å². The van der Waals surface area contributed by atoms with Crippen molar-refractivity contribution in [2.24, 2.45) is 0 Å². The average molecular weight is 197 g/mol. The molecule has 0 fully saturated rings. The SMILES string of the molecule is C=C(OC(C)C)c1ccc(Cl)cc1. The Morgan fingerprint density at radius 3 is 2.31 bits per heavy atom. The van der Waals surface area contributed by atoms with Crippen molar-refractivity contribution in [1.29, 1.82) is 0 Å². The minimum atomic E-state index is 0.156. The Morgan fingerprint density at radius 2 is 1.85 bits per heavy atom. The molecule has 0 unspecified atom stereocenters. The molecule has 0 aliphatic rings. The molecule has 0 atom stereocenters. The largest absolute Gasteiger partial charge is 0.491 e. The average Bonchev–Trinajstić information content (AvgIpc) is 2.04. The lowest BCUT2D eigenvalue weighted by atomic mass is 10.2. The summed E-state index contributed by atoms with van der Waals surface area (Å²) in [4.78, 5) is 0. The molecule has 0 aliphatic carbocycles. The lowest BCUT2D eigenvalue weighted by Crippen LogP contribution is -2.00. The summed E-state index contributed by atoms with van der Waals surface area (Å²) >= 11 is 5.75. The smallest absolute Gasteiger partial charge is 0.119 e. The fourth-order valence-electron chi connectivity index (χ4n) is 0.988. The predicted molar refractivity (Wildman–Crippen MR) is 56.7 cm³/mol. The normalized spacial score (nSPS) is 10.2. The van der Waals surface area contributed by atoms with Gasteiger partial charge in [0.1, 0.15) is 5.76 Å². The molecule has 2 heteroatoms. The minimum absolute atomic E-state index is 0.156. The van der Waals surface area contributed by atoms with E-state index in [1.165, 1.54) is 0 Å². The molecule has 70 valence electrons. The third-order valence-corrected chi connectivity index (χ3v) is 1.80. The molecule has 0 saturated carbocycles. The number of halogens is 1. The molecule has 0 heterocycles. The van der Waals surface area contributed by atoms with Crippen molar-refractivity contribution in [1.82, 2.24) is 0 Å². The standard InChI is InChI=1S/C11H13ClO/c1-8(2)13-9(3)10-4-6-11(12)7-5-10/h4-8H,3H2,1-2H3. The van der Waals surface area contributed by atoms with E-state index in [1.807, 2.05) is 38.1 Å². The molecule has 1 rings (SSSR count). The molecule has 0 saturated heterocycles. The predicted octanol–water partition coefficient (Wildman–Crippen LogP) is 3.74. The summed E-state index contributed by atoms with van der Waals surface area (Å²) in [5, 5.41) is 0.723. The summed E-state index contributed by atoms with van der Waals surface area (Å²) in [6.07, 6.45) is 0.156. The first-order chi connectivity index (χ1) is 6.09. The van der Waals surface area contributed by atoms with Crippen LogP contribution >= 0.6 is 11.6 Å². The summed E-state index contributed by atoms with van der Waals surface area (Å²) in [5.74, 6) is 0.687. The van der Waals surface area contributed by atoms with Gasteiger partial charge in [0.05, 0.1) is 6.10 Å². The van der Waals surface area contributed by atoms with E-state index in [9.17, 15) is 0 Å². The number of rotatable bonds is 3. The molecule has 0 N–H and O–H groups in total. The highest BCUT2D eigenvalue weighted by Crippen LogP contribution is 2.18. The first kappa shape index (κ1) is 10.1. The maximum absolute atomic E-state index is 5.75. The lowest BCUT2D eigenvalue weighted by molar-refractivity contribution is 0.205. The fraction of sp³-hybridized carbons (Fsp3) is 0.273. The van der Waals surface area contributed by atoms with Gasteiger partial charge in [-0.1, -0.05) is 18.2 Å². The molecule has 0 spiro atoms. The van der Waals surface area contributed by atoms with Crippen molar-refractivity contribution < 1.29 is 4.74 Å². The van der Waals surface area contributed by atoms with Crippen LogP contribution in [0.25, 0.3) is 5.76 Å². The van der Waals surface area contributed by atoms with Gasteiger partial charge in [0.25, 0.3) is 0 Å². The Hall–Kier alpha value is -0.950.